The molecule has 0 amide bonds. The Morgan fingerprint density at radius 1 is 1.38 bits per heavy atom. The maximum absolute atomic E-state index is 3.29. The van der Waals surface area contributed by atoms with Gasteiger partial charge in [-0.25, -0.2) is 0 Å². The van der Waals surface area contributed by atoms with Crippen LogP contribution in [0.25, 0.3) is 0 Å². The highest BCUT2D eigenvalue weighted by molar-refractivity contribution is 14.1. The Bertz CT molecular complexity index is 323. The summed E-state index contributed by atoms with van der Waals surface area (Å²) in [7, 11) is 2.04. The van der Waals surface area contributed by atoms with Crippen LogP contribution >= 0.6 is 22.6 Å². The summed E-state index contributed by atoms with van der Waals surface area (Å²) in [5.41, 5.74) is 1.43. The summed E-state index contributed by atoms with van der Waals surface area (Å²) >= 11 is 2.35. The fourth-order valence-corrected chi connectivity index (χ4v) is 2.75. The van der Waals surface area contributed by atoms with E-state index in [2.05, 4.69) is 57.1 Å². The highest BCUT2D eigenvalue weighted by Crippen LogP contribution is 2.19. The zero-order valence-corrected chi connectivity index (χ0v) is 11.9. The van der Waals surface area contributed by atoms with E-state index in [9.17, 15) is 0 Å². The summed E-state index contributed by atoms with van der Waals surface area (Å²) in [6.45, 7) is 3.46. The number of rotatable bonds is 4. The van der Waals surface area contributed by atoms with E-state index >= 15 is 0 Å². The van der Waals surface area contributed by atoms with Gasteiger partial charge in [-0.15, -0.1) is 0 Å². The topological polar surface area (TPSA) is 15.3 Å². The lowest BCUT2D eigenvalue weighted by molar-refractivity contribution is 0.242. The molecule has 2 nitrogen and oxygen atoms in total. The molecule has 2 rings (SSSR count). The van der Waals surface area contributed by atoms with Crippen LogP contribution in [0, 0.1) is 3.57 Å². The lowest BCUT2D eigenvalue weighted by atomic mass is 10.2. The van der Waals surface area contributed by atoms with Gasteiger partial charge in [0.25, 0.3) is 0 Å². The molecule has 0 aromatic heterocycles. The van der Waals surface area contributed by atoms with Crippen LogP contribution in [0.2, 0.25) is 0 Å². The molecule has 88 valence electrons. The molecule has 1 aromatic rings. The van der Waals surface area contributed by atoms with Crippen molar-refractivity contribution >= 4 is 22.6 Å². The monoisotopic (exact) mass is 330 g/mol. The number of hydrogen-bond donors (Lipinski definition) is 1. The van der Waals surface area contributed by atoms with Crippen LogP contribution in [0.4, 0.5) is 0 Å². The third-order valence-electron chi connectivity index (χ3n) is 3.24. The number of nitrogens with one attached hydrogen (secondary N) is 1. The number of halogens is 1. The molecule has 1 unspecified atom stereocenters. The average Bonchev–Trinajstić information content (AvgIpc) is 2.70. The fourth-order valence-electron chi connectivity index (χ4n) is 2.39. The van der Waals surface area contributed by atoms with Crippen molar-refractivity contribution in [3.8, 4) is 0 Å². The molecule has 1 aliphatic heterocycles. The minimum absolute atomic E-state index is 0.726. The van der Waals surface area contributed by atoms with Crippen LogP contribution in [0.15, 0.2) is 24.3 Å². The number of hydrogen-bond acceptors (Lipinski definition) is 2. The zero-order valence-electron chi connectivity index (χ0n) is 9.75. The van der Waals surface area contributed by atoms with E-state index in [4.69, 9.17) is 0 Å². The molecular weight excluding hydrogens is 311 g/mol. The standard InChI is InChI=1S/C13H19IN2/c1-15-9-13-3-2-8-16(13)10-11-4-6-12(14)7-5-11/h4-7,13,15H,2-3,8-10H2,1H3. The zero-order chi connectivity index (χ0) is 11.4. The molecule has 1 atom stereocenters. The van der Waals surface area contributed by atoms with Crippen LogP contribution in [0.5, 0.6) is 0 Å². The Morgan fingerprint density at radius 2 is 2.12 bits per heavy atom. The highest BCUT2D eigenvalue weighted by Gasteiger charge is 2.23. The second-order valence-corrected chi connectivity index (χ2v) is 5.70. The third kappa shape index (κ3) is 3.18. The maximum Gasteiger partial charge on any atom is 0.0237 e. The van der Waals surface area contributed by atoms with Crippen LogP contribution in [0.3, 0.4) is 0 Å². The Hall–Kier alpha value is -0.130. The first-order chi connectivity index (χ1) is 7.79. The van der Waals surface area contributed by atoms with E-state index in [0.29, 0.717) is 0 Å². The molecule has 0 aliphatic carbocycles. The molecule has 0 saturated carbocycles. The summed E-state index contributed by atoms with van der Waals surface area (Å²) in [5.74, 6) is 0. The van der Waals surface area contributed by atoms with E-state index in [1.54, 1.807) is 0 Å². The first-order valence-corrected chi connectivity index (χ1v) is 7.00. The highest BCUT2D eigenvalue weighted by atomic mass is 127. The predicted octanol–water partition coefficient (Wildman–Crippen LogP) is 2.47. The summed E-state index contributed by atoms with van der Waals surface area (Å²) in [4.78, 5) is 2.60. The van der Waals surface area contributed by atoms with E-state index in [1.807, 2.05) is 7.05 Å². The van der Waals surface area contributed by atoms with E-state index < -0.39 is 0 Å². The van der Waals surface area contributed by atoms with Gasteiger partial charge in [-0.05, 0) is 66.7 Å². The molecule has 16 heavy (non-hydrogen) atoms. The SMILES string of the molecule is CNCC1CCCN1Cc1ccc(I)cc1. The third-order valence-corrected chi connectivity index (χ3v) is 3.96. The smallest absolute Gasteiger partial charge is 0.0237 e. The van der Waals surface area contributed by atoms with Crippen molar-refractivity contribution in [1.29, 1.82) is 0 Å². The van der Waals surface area contributed by atoms with Crippen molar-refractivity contribution in [3.63, 3.8) is 0 Å². The van der Waals surface area contributed by atoms with Crippen LogP contribution in [0.1, 0.15) is 18.4 Å². The Balaban J connectivity index is 1.95. The van der Waals surface area contributed by atoms with Crippen LogP contribution in [-0.2, 0) is 6.54 Å². The summed E-state index contributed by atoms with van der Waals surface area (Å²) in [6.07, 6.45) is 2.68. The minimum atomic E-state index is 0.726. The second kappa shape index (κ2) is 5.98. The molecule has 1 aromatic carbocycles. The Labute approximate surface area is 112 Å². The maximum atomic E-state index is 3.29. The second-order valence-electron chi connectivity index (χ2n) is 4.45. The average molecular weight is 330 g/mol. The summed E-state index contributed by atoms with van der Waals surface area (Å²) in [5, 5.41) is 3.29. The number of likely N-dealkylation sites (N-methyl/N-ethyl adjacent to an activating group) is 1. The van der Waals surface area contributed by atoms with Crippen molar-refractivity contribution in [2.75, 3.05) is 20.1 Å². The first-order valence-electron chi connectivity index (χ1n) is 5.92. The fraction of sp³-hybridized carbons (Fsp3) is 0.538. The van der Waals surface area contributed by atoms with Crippen molar-refractivity contribution in [2.45, 2.75) is 25.4 Å². The van der Waals surface area contributed by atoms with E-state index in [0.717, 1.165) is 19.1 Å². The quantitative estimate of drug-likeness (QED) is 0.854. The van der Waals surface area contributed by atoms with Gasteiger partial charge in [0.15, 0.2) is 0 Å². The summed E-state index contributed by atoms with van der Waals surface area (Å²) in [6, 6.07) is 9.61. The molecular formula is C13H19IN2. The molecule has 1 N–H and O–H groups in total. The lowest BCUT2D eigenvalue weighted by Crippen LogP contribution is -2.36. The van der Waals surface area contributed by atoms with E-state index in [1.165, 1.54) is 28.5 Å². The number of nitrogens with zero attached hydrogens (tertiary/aromatic N) is 1. The van der Waals surface area contributed by atoms with Crippen LogP contribution < -0.4 is 5.32 Å². The molecule has 1 aliphatic rings. The molecule has 1 saturated heterocycles. The summed E-state index contributed by atoms with van der Waals surface area (Å²) < 4.78 is 1.31. The van der Waals surface area contributed by atoms with Gasteiger partial charge >= 0.3 is 0 Å². The van der Waals surface area contributed by atoms with E-state index in [-0.39, 0.29) is 0 Å². The first kappa shape index (κ1) is 12.3. The van der Waals surface area contributed by atoms with Crippen molar-refractivity contribution in [2.24, 2.45) is 0 Å². The van der Waals surface area contributed by atoms with Gasteiger partial charge in [0, 0.05) is 22.7 Å². The molecule has 3 heteroatoms. The number of likely N-dealkylation sites (tertiary alicyclic amines) is 1. The molecule has 1 heterocycles. The van der Waals surface area contributed by atoms with Gasteiger partial charge in [-0.1, -0.05) is 12.1 Å². The van der Waals surface area contributed by atoms with Crippen molar-refractivity contribution < 1.29 is 0 Å². The molecule has 0 radical (unpaired) electrons. The number of benzene rings is 1. The lowest BCUT2D eigenvalue weighted by Gasteiger charge is -2.24. The molecule has 0 bridgehead atoms. The Morgan fingerprint density at radius 3 is 2.81 bits per heavy atom. The van der Waals surface area contributed by atoms with Gasteiger partial charge < -0.3 is 5.32 Å². The molecule has 1 fully saturated rings. The predicted molar refractivity (Wildman–Crippen MR) is 76.5 cm³/mol. The van der Waals surface area contributed by atoms with Gasteiger partial charge in [0.05, 0.1) is 0 Å². The minimum Gasteiger partial charge on any atom is -0.318 e. The van der Waals surface area contributed by atoms with Gasteiger partial charge in [0.1, 0.15) is 0 Å². The largest absolute Gasteiger partial charge is 0.318 e. The Kier molecular flexibility index (Phi) is 4.61. The van der Waals surface area contributed by atoms with Crippen molar-refractivity contribution in [1.82, 2.24) is 10.2 Å². The van der Waals surface area contributed by atoms with Gasteiger partial charge in [-0.3, -0.25) is 4.90 Å². The van der Waals surface area contributed by atoms with Crippen LogP contribution in [-0.4, -0.2) is 31.1 Å². The van der Waals surface area contributed by atoms with Crippen molar-refractivity contribution in [3.05, 3.63) is 33.4 Å². The van der Waals surface area contributed by atoms with Gasteiger partial charge in [0.2, 0.25) is 0 Å². The molecule has 0 spiro atoms. The normalized spacial score (nSPS) is 21.5. The van der Waals surface area contributed by atoms with Gasteiger partial charge in [-0.2, -0.15) is 0 Å².